The molecule has 0 saturated carbocycles. The van der Waals surface area contributed by atoms with Crippen LogP contribution in [0.25, 0.3) is 0 Å². The van der Waals surface area contributed by atoms with Crippen molar-refractivity contribution in [2.45, 2.75) is 50.5 Å². The monoisotopic (exact) mass is 368 g/mol. The zero-order valence-electron chi connectivity index (χ0n) is 15.0. The number of carbonyl (C=O) groups excluding carboxylic acids is 1. The number of carbonyl (C=O) groups is 2. The van der Waals surface area contributed by atoms with Crippen LogP contribution in [0.3, 0.4) is 0 Å². The fraction of sp³-hybridized carbons (Fsp3) is 0.529. The first-order chi connectivity index (χ1) is 11.4. The van der Waals surface area contributed by atoms with Crippen molar-refractivity contribution in [1.82, 2.24) is 4.72 Å². The Balaban J connectivity index is 2.44. The van der Waals surface area contributed by atoms with Crippen molar-refractivity contribution in [3.63, 3.8) is 0 Å². The van der Waals surface area contributed by atoms with Gasteiger partial charge in [0.1, 0.15) is 6.04 Å². The van der Waals surface area contributed by atoms with E-state index in [1.165, 1.54) is 17.0 Å². The van der Waals surface area contributed by atoms with Crippen LogP contribution in [-0.2, 0) is 25.0 Å². The molecule has 0 bridgehead atoms. The number of aliphatic carboxylic acids is 1. The van der Waals surface area contributed by atoms with Gasteiger partial charge in [-0.1, -0.05) is 20.3 Å². The zero-order chi connectivity index (χ0) is 19.2. The normalized spacial score (nSPS) is 18.8. The molecular formula is C17H24N2O5S. The number of nitrogens with zero attached hydrogens (tertiary/aromatic N) is 1. The maximum absolute atomic E-state index is 12.7. The van der Waals surface area contributed by atoms with Crippen LogP contribution in [0.4, 0.5) is 5.69 Å². The van der Waals surface area contributed by atoms with E-state index in [4.69, 9.17) is 0 Å². The number of carboxylic acid groups (broad SMARTS) is 1. The van der Waals surface area contributed by atoms with Gasteiger partial charge in [-0.05, 0) is 43.5 Å². The Hall–Kier alpha value is -1.93. The zero-order valence-corrected chi connectivity index (χ0v) is 15.8. The lowest BCUT2D eigenvalue weighted by Gasteiger charge is -2.21. The Bertz CT molecular complexity index is 816. The molecule has 2 rings (SSSR count). The van der Waals surface area contributed by atoms with Crippen LogP contribution in [0.5, 0.6) is 0 Å². The number of fused-ring (bicyclic) bond motifs is 1. The van der Waals surface area contributed by atoms with Crippen molar-refractivity contribution in [3.05, 3.63) is 23.8 Å². The Morgan fingerprint density at radius 2 is 1.96 bits per heavy atom. The summed E-state index contributed by atoms with van der Waals surface area (Å²) in [6.07, 6.45) is 0.524. The number of rotatable bonds is 6. The van der Waals surface area contributed by atoms with Gasteiger partial charge >= 0.3 is 5.97 Å². The second kappa shape index (κ2) is 6.42. The summed E-state index contributed by atoms with van der Waals surface area (Å²) in [4.78, 5) is 25.2. The highest BCUT2D eigenvalue weighted by molar-refractivity contribution is 7.89. The van der Waals surface area contributed by atoms with Crippen molar-refractivity contribution >= 4 is 27.6 Å². The van der Waals surface area contributed by atoms with Crippen LogP contribution in [0, 0.1) is 5.92 Å². The number of anilines is 1. The van der Waals surface area contributed by atoms with Crippen molar-refractivity contribution in [2.24, 2.45) is 5.92 Å². The molecule has 0 aromatic heterocycles. The fourth-order valence-corrected chi connectivity index (χ4v) is 4.32. The molecule has 0 saturated heterocycles. The molecule has 138 valence electrons. The molecule has 0 unspecified atom stereocenters. The topological polar surface area (TPSA) is 104 Å². The summed E-state index contributed by atoms with van der Waals surface area (Å²) < 4.78 is 27.6. The van der Waals surface area contributed by atoms with Gasteiger partial charge in [0.15, 0.2) is 0 Å². The van der Waals surface area contributed by atoms with Crippen LogP contribution in [0.15, 0.2) is 23.1 Å². The molecule has 1 heterocycles. The van der Waals surface area contributed by atoms with Crippen LogP contribution >= 0.6 is 0 Å². The molecular weight excluding hydrogens is 344 g/mol. The van der Waals surface area contributed by atoms with Crippen molar-refractivity contribution in [2.75, 3.05) is 11.9 Å². The Kier molecular flexibility index (Phi) is 4.98. The first-order valence-corrected chi connectivity index (χ1v) is 9.59. The molecule has 1 aliphatic heterocycles. The molecule has 0 fully saturated rings. The first kappa shape index (κ1) is 19.4. The number of sulfonamides is 1. The summed E-state index contributed by atoms with van der Waals surface area (Å²) in [5.74, 6) is -1.69. The van der Waals surface area contributed by atoms with E-state index in [9.17, 15) is 23.1 Å². The molecule has 1 amide bonds. The third kappa shape index (κ3) is 3.28. The smallest absolute Gasteiger partial charge is 0.322 e. The minimum absolute atomic E-state index is 0.0445. The number of benzene rings is 1. The minimum Gasteiger partial charge on any atom is -0.480 e. The Morgan fingerprint density at radius 3 is 2.48 bits per heavy atom. The maximum atomic E-state index is 12.7. The molecule has 0 radical (unpaired) electrons. The third-order valence-corrected chi connectivity index (χ3v) is 6.35. The summed E-state index contributed by atoms with van der Waals surface area (Å²) >= 11 is 0. The van der Waals surface area contributed by atoms with E-state index in [-0.39, 0.29) is 16.7 Å². The largest absolute Gasteiger partial charge is 0.480 e. The molecule has 8 heteroatoms. The summed E-state index contributed by atoms with van der Waals surface area (Å²) in [6.45, 7) is 6.95. The van der Waals surface area contributed by atoms with Gasteiger partial charge in [-0.3, -0.25) is 9.59 Å². The SMILES string of the molecule is CC[C@@H](C)[C@H](NS(=O)(=O)c1ccc2c(c1)C(C)(C)C(=O)N2C)C(=O)O. The summed E-state index contributed by atoms with van der Waals surface area (Å²) in [5.41, 5.74) is 0.433. The summed E-state index contributed by atoms with van der Waals surface area (Å²) in [7, 11) is -2.38. The molecule has 2 N–H and O–H groups in total. The predicted molar refractivity (Wildman–Crippen MR) is 94.1 cm³/mol. The minimum atomic E-state index is -4.03. The van der Waals surface area contributed by atoms with Gasteiger partial charge in [0.2, 0.25) is 15.9 Å². The third-order valence-electron chi connectivity index (χ3n) is 4.91. The Morgan fingerprint density at radius 1 is 1.36 bits per heavy atom. The molecule has 1 aromatic rings. The van der Waals surface area contributed by atoms with Crippen LogP contribution < -0.4 is 9.62 Å². The van der Waals surface area contributed by atoms with E-state index in [1.54, 1.807) is 40.8 Å². The van der Waals surface area contributed by atoms with Gasteiger partial charge in [-0.2, -0.15) is 4.72 Å². The second-order valence-electron chi connectivity index (χ2n) is 6.99. The predicted octanol–water partition coefficient (Wildman–Crippen LogP) is 1.72. The highest BCUT2D eigenvalue weighted by atomic mass is 32.2. The van der Waals surface area contributed by atoms with Gasteiger partial charge < -0.3 is 10.0 Å². The summed E-state index contributed by atoms with van der Waals surface area (Å²) in [6, 6.07) is 3.21. The fourth-order valence-electron chi connectivity index (χ4n) is 3.00. The number of likely N-dealkylation sites (N-methyl/N-ethyl adjacent to an activating group) is 1. The van der Waals surface area contributed by atoms with Crippen LogP contribution in [-0.4, -0.2) is 38.5 Å². The number of amides is 1. The highest BCUT2D eigenvalue weighted by Crippen LogP contribution is 2.41. The van der Waals surface area contributed by atoms with Gasteiger partial charge in [0.25, 0.3) is 0 Å². The van der Waals surface area contributed by atoms with E-state index in [0.717, 1.165) is 0 Å². The Labute approximate surface area is 148 Å². The van der Waals surface area contributed by atoms with E-state index >= 15 is 0 Å². The van der Waals surface area contributed by atoms with Crippen molar-refractivity contribution in [1.29, 1.82) is 0 Å². The number of nitrogens with one attached hydrogen (secondary N) is 1. The lowest BCUT2D eigenvalue weighted by atomic mass is 9.86. The van der Waals surface area contributed by atoms with E-state index in [0.29, 0.717) is 17.7 Å². The molecule has 25 heavy (non-hydrogen) atoms. The average molecular weight is 368 g/mol. The van der Waals surface area contributed by atoms with Gasteiger partial charge in [-0.25, -0.2) is 8.42 Å². The molecule has 1 aliphatic rings. The summed E-state index contributed by atoms with van der Waals surface area (Å²) in [5, 5.41) is 9.31. The van der Waals surface area contributed by atoms with E-state index < -0.39 is 27.4 Å². The van der Waals surface area contributed by atoms with Gasteiger partial charge in [-0.15, -0.1) is 0 Å². The first-order valence-electron chi connectivity index (χ1n) is 8.11. The molecule has 2 atom stereocenters. The van der Waals surface area contributed by atoms with Crippen LogP contribution in [0.1, 0.15) is 39.7 Å². The van der Waals surface area contributed by atoms with Crippen molar-refractivity contribution in [3.8, 4) is 0 Å². The highest BCUT2D eigenvalue weighted by Gasteiger charge is 2.43. The molecule has 0 aliphatic carbocycles. The standard InChI is InChI=1S/C17H24N2O5S/c1-6-10(2)14(15(20)21)18-25(23,24)11-7-8-13-12(9-11)17(3,4)16(22)19(13)5/h7-10,14,18H,6H2,1-5H3,(H,20,21)/t10-,14+/m1/s1. The lowest BCUT2D eigenvalue weighted by Crippen LogP contribution is -2.44. The lowest BCUT2D eigenvalue weighted by molar-refractivity contribution is -0.140. The van der Waals surface area contributed by atoms with E-state index in [1.807, 2.05) is 0 Å². The number of carboxylic acids is 1. The molecule has 7 nitrogen and oxygen atoms in total. The molecule has 0 spiro atoms. The number of hydrogen-bond donors (Lipinski definition) is 2. The van der Waals surface area contributed by atoms with E-state index in [2.05, 4.69) is 4.72 Å². The average Bonchev–Trinajstić information content (AvgIpc) is 2.72. The van der Waals surface area contributed by atoms with Crippen LogP contribution in [0.2, 0.25) is 0 Å². The quantitative estimate of drug-likeness (QED) is 0.796. The number of hydrogen-bond acceptors (Lipinski definition) is 4. The van der Waals surface area contributed by atoms with Gasteiger partial charge in [0, 0.05) is 12.7 Å². The van der Waals surface area contributed by atoms with Gasteiger partial charge in [0.05, 0.1) is 10.3 Å². The van der Waals surface area contributed by atoms with Crippen molar-refractivity contribution < 1.29 is 23.1 Å². The molecule has 1 aromatic carbocycles. The maximum Gasteiger partial charge on any atom is 0.322 e. The second-order valence-corrected chi connectivity index (χ2v) is 8.70.